The molecule has 7 nitrogen and oxygen atoms in total. The third kappa shape index (κ3) is 5.75. The van der Waals surface area contributed by atoms with Gasteiger partial charge in [0, 0.05) is 28.3 Å². The maximum atomic E-state index is 12.7. The molecule has 4 rings (SSSR count). The van der Waals surface area contributed by atoms with Crippen molar-refractivity contribution in [2.75, 3.05) is 25.0 Å². The molecule has 1 aromatic heterocycles. The van der Waals surface area contributed by atoms with E-state index in [2.05, 4.69) is 26.9 Å². The molecule has 166 valence electrons. The SMILES string of the molecule is C=CCOc1cccc(NC(=O)C2CCN(Cc3nc(-c4cccc(Cl)c4)no3)CC2)c1. The topological polar surface area (TPSA) is 80.5 Å². The predicted octanol–water partition coefficient (Wildman–Crippen LogP) is 4.81. The summed E-state index contributed by atoms with van der Waals surface area (Å²) in [4.78, 5) is 19.4. The molecule has 0 radical (unpaired) electrons. The van der Waals surface area contributed by atoms with Crippen molar-refractivity contribution in [1.82, 2.24) is 15.0 Å². The van der Waals surface area contributed by atoms with Gasteiger partial charge in [-0.2, -0.15) is 4.98 Å². The molecule has 0 spiro atoms. The first kappa shape index (κ1) is 22.0. The van der Waals surface area contributed by atoms with Gasteiger partial charge in [-0.1, -0.05) is 47.6 Å². The maximum absolute atomic E-state index is 12.7. The average molecular weight is 453 g/mol. The molecule has 0 unspecified atom stereocenters. The molecule has 1 N–H and O–H groups in total. The number of hydrogen-bond acceptors (Lipinski definition) is 6. The van der Waals surface area contributed by atoms with E-state index >= 15 is 0 Å². The van der Waals surface area contributed by atoms with E-state index < -0.39 is 0 Å². The van der Waals surface area contributed by atoms with Crippen molar-refractivity contribution >= 4 is 23.2 Å². The van der Waals surface area contributed by atoms with E-state index in [4.69, 9.17) is 20.9 Å². The summed E-state index contributed by atoms with van der Waals surface area (Å²) < 4.78 is 10.9. The maximum Gasteiger partial charge on any atom is 0.241 e. The lowest BCUT2D eigenvalue weighted by molar-refractivity contribution is -0.121. The number of nitrogens with zero attached hydrogens (tertiary/aromatic N) is 3. The number of halogens is 1. The second-order valence-corrected chi connectivity index (χ2v) is 8.13. The minimum Gasteiger partial charge on any atom is -0.489 e. The molecule has 2 aromatic carbocycles. The third-order valence-electron chi connectivity index (χ3n) is 5.34. The van der Waals surface area contributed by atoms with Gasteiger partial charge < -0.3 is 14.6 Å². The molecule has 1 saturated heterocycles. The molecule has 8 heteroatoms. The first-order valence-corrected chi connectivity index (χ1v) is 10.9. The van der Waals surface area contributed by atoms with Gasteiger partial charge in [-0.15, -0.1) is 0 Å². The number of aromatic nitrogens is 2. The van der Waals surface area contributed by atoms with Crippen molar-refractivity contribution in [2.45, 2.75) is 19.4 Å². The van der Waals surface area contributed by atoms with E-state index in [1.54, 1.807) is 12.1 Å². The van der Waals surface area contributed by atoms with Crippen LogP contribution in [0.3, 0.4) is 0 Å². The Morgan fingerprint density at radius 2 is 2.06 bits per heavy atom. The minimum atomic E-state index is -0.0336. The van der Waals surface area contributed by atoms with Gasteiger partial charge in [0.05, 0.1) is 6.54 Å². The van der Waals surface area contributed by atoms with Crippen LogP contribution in [0.15, 0.2) is 65.7 Å². The molecule has 32 heavy (non-hydrogen) atoms. The molecule has 0 bridgehead atoms. The Kier molecular flexibility index (Phi) is 7.19. The van der Waals surface area contributed by atoms with Crippen LogP contribution in [0.2, 0.25) is 5.02 Å². The molecule has 1 fully saturated rings. The Labute approximate surface area is 192 Å². The van der Waals surface area contributed by atoms with Crippen molar-refractivity contribution in [2.24, 2.45) is 5.92 Å². The van der Waals surface area contributed by atoms with E-state index in [0.717, 1.165) is 37.2 Å². The summed E-state index contributed by atoms with van der Waals surface area (Å²) in [6, 6.07) is 14.8. The Bertz CT molecular complexity index is 1080. The van der Waals surface area contributed by atoms with Crippen molar-refractivity contribution < 1.29 is 14.1 Å². The zero-order valence-electron chi connectivity index (χ0n) is 17.7. The molecule has 3 aromatic rings. The van der Waals surface area contributed by atoms with Gasteiger partial charge in [-0.25, -0.2) is 0 Å². The number of nitrogens with one attached hydrogen (secondary N) is 1. The van der Waals surface area contributed by atoms with Crippen LogP contribution in [-0.4, -0.2) is 40.6 Å². The van der Waals surface area contributed by atoms with Crippen molar-refractivity contribution in [3.05, 3.63) is 72.1 Å². The third-order valence-corrected chi connectivity index (χ3v) is 5.57. The molecule has 1 aliphatic heterocycles. The van der Waals surface area contributed by atoms with Gasteiger partial charge in [-0.05, 0) is 50.2 Å². The number of amides is 1. The Hall–Kier alpha value is -3.16. The number of benzene rings is 2. The van der Waals surface area contributed by atoms with E-state index in [9.17, 15) is 4.79 Å². The smallest absolute Gasteiger partial charge is 0.241 e. The molecule has 0 aliphatic carbocycles. The lowest BCUT2D eigenvalue weighted by Gasteiger charge is -2.30. The number of hydrogen-bond donors (Lipinski definition) is 1. The first-order chi connectivity index (χ1) is 15.6. The van der Waals surface area contributed by atoms with Gasteiger partial charge in [0.2, 0.25) is 17.6 Å². The predicted molar refractivity (Wildman–Crippen MR) is 124 cm³/mol. The highest BCUT2D eigenvalue weighted by Crippen LogP contribution is 2.24. The van der Waals surface area contributed by atoms with Crippen LogP contribution in [0.1, 0.15) is 18.7 Å². The molecule has 1 aliphatic rings. The zero-order chi connectivity index (χ0) is 22.3. The van der Waals surface area contributed by atoms with E-state index in [-0.39, 0.29) is 11.8 Å². The van der Waals surface area contributed by atoms with Gasteiger partial charge in [-0.3, -0.25) is 9.69 Å². The van der Waals surface area contributed by atoms with Crippen LogP contribution in [0.25, 0.3) is 11.4 Å². The number of anilines is 1. The quantitative estimate of drug-likeness (QED) is 0.494. The summed E-state index contributed by atoms with van der Waals surface area (Å²) in [6.45, 7) is 6.20. The number of piperidine rings is 1. The lowest BCUT2D eigenvalue weighted by Crippen LogP contribution is -2.37. The molecular weight excluding hydrogens is 428 g/mol. The van der Waals surface area contributed by atoms with E-state index in [1.807, 2.05) is 42.5 Å². The van der Waals surface area contributed by atoms with Gasteiger partial charge in [0.25, 0.3) is 0 Å². The number of carbonyl (C=O) groups excluding carboxylic acids is 1. The van der Waals surface area contributed by atoms with Crippen LogP contribution in [0.5, 0.6) is 5.75 Å². The number of rotatable bonds is 8. The summed E-state index contributed by atoms with van der Waals surface area (Å²) in [7, 11) is 0. The molecule has 0 saturated carbocycles. The fourth-order valence-electron chi connectivity index (χ4n) is 3.67. The summed E-state index contributed by atoms with van der Waals surface area (Å²) in [6.07, 6.45) is 3.23. The van der Waals surface area contributed by atoms with Crippen LogP contribution < -0.4 is 10.1 Å². The van der Waals surface area contributed by atoms with E-state index in [0.29, 0.717) is 35.6 Å². The Morgan fingerprint density at radius 1 is 1.25 bits per heavy atom. The zero-order valence-corrected chi connectivity index (χ0v) is 18.4. The van der Waals surface area contributed by atoms with Crippen molar-refractivity contribution in [3.63, 3.8) is 0 Å². The number of ether oxygens (including phenoxy) is 1. The number of carbonyl (C=O) groups is 1. The highest BCUT2D eigenvalue weighted by molar-refractivity contribution is 6.30. The second-order valence-electron chi connectivity index (χ2n) is 7.69. The van der Waals surface area contributed by atoms with Gasteiger partial charge in [0.1, 0.15) is 12.4 Å². The van der Waals surface area contributed by atoms with Gasteiger partial charge in [0.15, 0.2) is 0 Å². The molecule has 0 atom stereocenters. The van der Waals surface area contributed by atoms with Crippen LogP contribution in [-0.2, 0) is 11.3 Å². The van der Waals surface area contributed by atoms with Crippen LogP contribution >= 0.6 is 11.6 Å². The Morgan fingerprint density at radius 3 is 2.84 bits per heavy atom. The molecular formula is C24H25ClN4O3. The van der Waals surface area contributed by atoms with Crippen LogP contribution in [0, 0.1) is 5.92 Å². The highest BCUT2D eigenvalue weighted by Gasteiger charge is 2.26. The molecule has 1 amide bonds. The van der Waals surface area contributed by atoms with Crippen molar-refractivity contribution in [1.29, 1.82) is 0 Å². The summed E-state index contributed by atoms with van der Waals surface area (Å²) in [5.74, 6) is 1.78. The van der Waals surface area contributed by atoms with Gasteiger partial charge >= 0.3 is 0 Å². The number of likely N-dealkylation sites (tertiary alicyclic amines) is 1. The normalized spacial score (nSPS) is 14.8. The molecule has 2 heterocycles. The summed E-state index contributed by atoms with van der Waals surface area (Å²) in [5.41, 5.74) is 1.56. The van der Waals surface area contributed by atoms with Crippen molar-refractivity contribution in [3.8, 4) is 17.1 Å². The average Bonchev–Trinajstić information content (AvgIpc) is 3.27. The fraction of sp³-hybridized carbons (Fsp3) is 0.292. The summed E-state index contributed by atoms with van der Waals surface area (Å²) >= 11 is 6.04. The second kappa shape index (κ2) is 10.4. The van der Waals surface area contributed by atoms with Crippen LogP contribution in [0.4, 0.5) is 5.69 Å². The standard InChI is InChI=1S/C24H25ClN4O3/c1-2-13-31-21-8-4-7-20(15-21)26-24(30)17-9-11-29(12-10-17)16-22-27-23(28-32-22)18-5-3-6-19(25)14-18/h2-8,14-15,17H,1,9-13,16H2,(H,26,30). The summed E-state index contributed by atoms with van der Waals surface area (Å²) in [5, 5.41) is 7.69. The van der Waals surface area contributed by atoms with E-state index in [1.165, 1.54) is 0 Å². The Balaban J connectivity index is 1.27. The minimum absolute atomic E-state index is 0.0336. The fourth-order valence-corrected chi connectivity index (χ4v) is 3.86. The first-order valence-electron chi connectivity index (χ1n) is 10.6. The largest absolute Gasteiger partial charge is 0.489 e. The monoisotopic (exact) mass is 452 g/mol. The lowest BCUT2D eigenvalue weighted by atomic mass is 9.96. The highest BCUT2D eigenvalue weighted by atomic mass is 35.5.